The Hall–Kier alpha value is -2.03. The highest BCUT2D eigenvalue weighted by Crippen LogP contribution is 2.14. The Morgan fingerprint density at radius 3 is 2.30 bits per heavy atom. The zero-order chi connectivity index (χ0) is 14.7. The Labute approximate surface area is 117 Å². The lowest BCUT2D eigenvalue weighted by Gasteiger charge is -2.06. The van der Waals surface area contributed by atoms with Crippen LogP contribution in [0.15, 0.2) is 36.4 Å². The number of carbonyl (C=O) groups excluding carboxylic acids is 1. The van der Waals surface area contributed by atoms with E-state index in [1.54, 1.807) is 0 Å². The van der Waals surface area contributed by atoms with Crippen molar-refractivity contribution in [1.82, 2.24) is 0 Å². The summed E-state index contributed by atoms with van der Waals surface area (Å²) in [5.41, 5.74) is 3.19. The summed E-state index contributed by atoms with van der Waals surface area (Å²) in [6.07, 6.45) is 0.148. The Morgan fingerprint density at radius 1 is 1.00 bits per heavy atom. The first-order valence-corrected chi connectivity index (χ1v) is 6.47. The maximum absolute atomic E-state index is 13.5. The number of halogens is 2. The van der Waals surface area contributed by atoms with Crippen molar-refractivity contribution in [1.29, 1.82) is 0 Å². The molecule has 0 saturated carbocycles. The first kappa shape index (κ1) is 14.4. The smallest absolute Gasteiger partial charge is 0.162 e. The zero-order valence-electron chi connectivity index (χ0n) is 11.5. The molecule has 2 rings (SSSR count). The van der Waals surface area contributed by atoms with Crippen LogP contribution < -0.4 is 0 Å². The van der Waals surface area contributed by atoms with Gasteiger partial charge in [0.15, 0.2) is 11.6 Å². The lowest BCUT2D eigenvalue weighted by atomic mass is 9.99. The van der Waals surface area contributed by atoms with Gasteiger partial charge in [-0.3, -0.25) is 4.79 Å². The lowest BCUT2D eigenvalue weighted by Crippen LogP contribution is -2.09. The van der Waals surface area contributed by atoms with E-state index in [0.717, 1.165) is 22.8 Å². The molecule has 0 fully saturated rings. The van der Waals surface area contributed by atoms with Gasteiger partial charge in [-0.25, -0.2) is 8.78 Å². The van der Waals surface area contributed by atoms with Gasteiger partial charge >= 0.3 is 0 Å². The molecule has 0 aliphatic rings. The van der Waals surface area contributed by atoms with E-state index < -0.39 is 11.6 Å². The third kappa shape index (κ3) is 3.50. The van der Waals surface area contributed by atoms with Crippen molar-refractivity contribution in [2.24, 2.45) is 0 Å². The summed E-state index contributed by atoms with van der Waals surface area (Å²) >= 11 is 0. The van der Waals surface area contributed by atoms with Crippen molar-refractivity contribution in [3.8, 4) is 0 Å². The van der Waals surface area contributed by atoms with E-state index >= 15 is 0 Å². The van der Waals surface area contributed by atoms with Gasteiger partial charge in [-0.05, 0) is 31.0 Å². The molecule has 0 amide bonds. The van der Waals surface area contributed by atoms with E-state index in [-0.39, 0.29) is 24.2 Å². The van der Waals surface area contributed by atoms with Gasteiger partial charge in [-0.15, -0.1) is 0 Å². The highest BCUT2D eigenvalue weighted by Gasteiger charge is 2.12. The molecule has 0 aromatic heterocycles. The molecule has 0 N–H and O–H groups in total. The van der Waals surface area contributed by atoms with Gasteiger partial charge in [0.05, 0.1) is 0 Å². The minimum atomic E-state index is -0.929. The Kier molecular flexibility index (Phi) is 4.28. The molecular formula is C17H16F2O. The van der Waals surface area contributed by atoms with E-state index in [4.69, 9.17) is 0 Å². The largest absolute Gasteiger partial charge is 0.299 e. The van der Waals surface area contributed by atoms with Crippen LogP contribution in [-0.4, -0.2) is 5.78 Å². The van der Waals surface area contributed by atoms with Gasteiger partial charge in [0, 0.05) is 12.8 Å². The topological polar surface area (TPSA) is 17.1 Å². The second kappa shape index (κ2) is 5.95. The van der Waals surface area contributed by atoms with Crippen LogP contribution in [0, 0.1) is 25.5 Å². The Bertz CT molecular complexity index is 627. The van der Waals surface area contributed by atoms with Crippen LogP contribution in [0.1, 0.15) is 22.3 Å². The summed E-state index contributed by atoms with van der Waals surface area (Å²) in [4.78, 5) is 12.0. The molecule has 0 heterocycles. The van der Waals surface area contributed by atoms with Crippen LogP contribution in [0.2, 0.25) is 0 Å². The van der Waals surface area contributed by atoms with Crippen LogP contribution in [0.25, 0.3) is 0 Å². The predicted octanol–water partition coefficient (Wildman–Crippen LogP) is 3.94. The fourth-order valence-electron chi connectivity index (χ4n) is 2.36. The SMILES string of the molecule is Cc1cc(C)cc(CC(=O)Cc2cccc(F)c2F)c1. The second-order valence-electron chi connectivity index (χ2n) is 5.10. The van der Waals surface area contributed by atoms with E-state index in [1.807, 2.05) is 32.0 Å². The minimum absolute atomic E-state index is 0.0867. The van der Waals surface area contributed by atoms with Crippen molar-refractivity contribution in [2.75, 3.05) is 0 Å². The number of Topliss-reactive ketones (excluding diaryl/α,β-unsaturated/α-hetero) is 1. The number of hydrogen-bond donors (Lipinski definition) is 0. The molecule has 0 bridgehead atoms. The molecule has 3 heteroatoms. The van der Waals surface area contributed by atoms with E-state index in [0.29, 0.717) is 0 Å². The van der Waals surface area contributed by atoms with Gasteiger partial charge in [0.1, 0.15) is 5.78 Å². The van der Waals surface area contributed by atoms with Gasteiger partial charge in [-0.1, -0.05) is 41.5 Å². The van der Waals surface area contributed by atoms with Crippen LogP contribution in [0.5, 0.6) is 0 Å². The fourth-order valence-corrected chi connectivity index (χ4v) is 2.36. The molecule has 2 aromatic rings. The summed E-state index contributed by atoms with van der Waals surface area (Å²) in [5, 5.41) is 0. The van der Waals surface area contributed by atoms with Crippen LogP contribution in [-0.2, 0) is 17.6 Å². The monoisotopic (exact) mass is 274 g/mol. The number of ketones is 1. The van der Waals surface area contributed by atoms with Crippen LogP contribution in [0.3, 0.4) is 0 Å². The minimum Gasteiger partial charge on any atom is -0.299 e. The van der Waals surface area contributed by atoms with Crippen molar-refractivity contribution < 1.29 is 13.6 Å². The fraction of sp³-hybridized carbons (Fsp3) is 0.235. The highest BCUT2D eigenvalue weighted by molar-refractivity contribution is 5.83. The number of aryl methyl sites for hydroxylation is 2. The molecule has 0 aliphatic heterocycles. The van der Waals surface area contributed by atoms with Gasteiger partial charge in [-0.2, -0.15) is 0 Å². The van der Waals surface area contributed by atoms with Crippen LogP contribution >= 0.6 is 0 Å². The van der Waals surface area contributed by atoms with E-state index in [2.05, 4.69) is 0 Å². The van der Waals surface area contributed by atoms with E-state index in [1.165, 1.54) is 12.1 Å². The van der Waals surface area contributed by atoms with E-state index in [9.17, 15) is 13.6 Å². The summed E-state index contributed by atoms with van der Waals surface area (Å²) in [5.74, 6) is -1.97. The summed E-state index contributed by atoms with van der Waals surface area (Å²) in [7, 11) is 0. The highest BCUT2D eigenvalue weighted by atomic mass is 19.2. The summed E-state index contributed by atoms with van der Waals surface area (Å²) in [6.45, 7) is 3.93. The molecule has 0 unspecified atom stereocenters. The van der Waals surface area contributed by atoms with Gasteiger partial charge < -0.3 is 0 Å². The standard InChI is InChI=1S/C17H16F2O/c1-11-6-12(2)8-13(7-11)9-15(20)10-14-4-3-5-16(18)17(14)19/h3-8H,9-10H2,1-2H3. The zero-order valence-corrected chi connectivity index (χ0v) is 11.5. The lowest BCUT2D eigenvalue weighted by molar-refractivity contribution is -0.117. The van der Waals surface area contributed by atoms with Gasteiger partial charge in [0.2, 0.25) is 0 Å². The maximum atomic E-state index is 13.5. The number of hydrogen-bond acceptors (Lipinski definition) is 1. The molecular weight excluding hydrogens is 258 g/mol. The first-order valence-electron chi connectivity index (χ1n) is 6.47. The maximum Gasteiger partial charge on any atom is 0.162 e. The predicted molar refractivity (Wildman–Crippen MR) is 74.7 cm³/mol. The second-order valence-corrected chi connectivity index (χ2v) is 5.10. The average Bonchev–Trinajstić information content (AvgIpc) is 2.33. The molecule has 0 aliphatic carbocycles. The molecule has 20 heavy (non-hydrogen) atoms. The molecule has 104 valence electrons. The number of rotatable bonds is 4. The third-order valence-electron chi connectivity index (χ3n) is 3.10. The average molecular weight is 274 g/mol. The third-order valence-corrected chi connectivity index (χ3v) is 3.10. The van der Waals surface area contributed by atoms with Crippen molar-refractivity contribution in [3.05, 3.63) is 70.3 Å². The molecule has 0 radical (unpaired) electrons. The molecule has 0 spiro atoms. The number of benzene rings is 2. The first-order chi connectivity index (χ1) is 9.45. The summed E-state index contributed by atoms with van der Waals surface area (Å²) < 4.78 is 26.6. The van der Waals surface area contributed by atoms with Crippen molar-refractivity contribution in [3.63, 3.8) is 0 Å². The summed E-state index contributed by atoms with van der Waals surface area (Å²) in [6, 6.07) is 9.81. The Morgan fingerprint density at radius 2 is 1.65 bits per heavy atom. The molecule has 2 aromatic carbocycles. The van der Waals surface area contributed by atoms with Gasteiger partial charge in [0.25, 0.3) is 0 Å². The van der Waals surface area contributed by atoms with Crippen LogP contribution in [0.4, 0.5) is 8.78 Å². The van der Waals surface area contributed by atoms with Crippen molar-refractivity contribution in [2.45, 2.75) is 26.7 Å². The molecule has 1 nitrogen and oxygen atoms in total. The van der Waals surface area contributed by atoms with Crippen molar-refractivity contribution >= 4 is 5.78 Å². The Balaban J connectivity index is 2.11. The normalized spacial score (nSPS) is 10.6. The molecule has 0 atom stereocenters. The number of carbonyl (C=O) groups is 1. The molecule has 0 saturated heterocycles. The quantitative estimate of drug-likeness (QED) is 0.825.